The summed E-state index contributed by atoms with van der Waals surface area (Å²) in [5.74, 6) is 1.06. The lowest BCUT2D eigenvalue weighted by atomic mass is 9.85. The third-order valence-corrected chi connectivity index (χ3v) is 6.02. The quantitative estimate of drug-likeness (QED) is 0.824. The van der Waals surface area contributed by atoms with Crippen LogP contribution in [0.2, 0.25) is 0 Å². The lowest BCUT2D eigenvalue weighted by Gasteiger charge is -2.28. The van der Waals surface area contributed by atoms with Crippen molar-refractivity contribution in [3.8, 4) is 0 Å². The molecule has 0 aromatic carbocycles. The van der Waals surface area contributed by atoms with Gasteiger partial charge in [-0.05, 0) is 50.4 Å². The van der Waals surface area contributed by atoms with Crippen molar-refractivity contribution in [1.82, 2.24) is 0 Å². The fourth-order valence-corrected chi connectivity index (χ4v) is 4.23. The molecule has 2 aliphatic carbocycles. The topological polar surface area (TPSA) is 54.4 Å². The van der Waals surface area contributed by atoms with Crippen LogP contribution in [-0.4, -0.2) is 31.1 Å². The predicted molar refractivity (Wildman–Crippen MR) is 68.6 cm³/mol. The summed E-state index contributed by atoms with van der Waals surface area (Å²) in [6.45, 7) is 0. The first kappa shape index (κ1) is 13.3. The second kappa shape index (κ2) is 5.27. The summed E-state index contributed by atoms with van der Waals surface area (Å²) in [4.78, 5) is 0. The molecule has 2 saturated carbocycles. The highest BCUT2D eigenvalue weighted by atomic mass is 32.2. The largest absolute Gasteiger partial charge is 0.393 e. The summed E-state index contributed by atoms with van der Waals surface area (Å²) in [5, 5.41) is 9.70. The van der Waals surface area contributed by atoms with E-state index in [2.05, 4.69) is 0 Å². The SMILES string of the molecule is CS(=O)(=O)C1CCCC(CCC(O)C2CC2)C1. The van der Waals surface area contributed by atoms with Crippen molar-refractivity contribution < 1.29 is 13.5 Å². The van der Waals surface area contributed by atoms with Crippen LogP contribution in [0.15, 0.2) is 0 Å². The molecule has 3 nitrogen and oxygen atoms in total. The molecule has 2 aliphatic rings. The van der Waals surface area contributed by atoms with E-state index in [0.29, 0.717) is 11.8 Å². The Morgan fingerprint density at radius 3 is 2.53 bits per heavy atom. The Morgan fingerprint density at radius 1 is 1.24 bits per heavy atom. The number of aliphatic hydroxyl groups is 1. The van der Waals surface area contributed by atoms with E-state index < -0.39 is 9.84 Å². The van der Waals surface area contributed by atoms with Crippen molar-refractivity contribution in [3.05, 3.63) is 0 Å². The van der Waals surface area contributed by atoms with Crippen LogP contribution in [0.3, 0.4) is 0 Å². The molecule has 0 saturated heterocycles. The average Bonchev–Trinajstić information content (AvgIpc) is 3.09. The van der Waals surface area contributed by atoms with Gasteiger partial charge in [-0.15, -0.1) is 0 Å². The smallest absolute Gasteiger partial charge is 0.150 e. The minimum Gasteiger partial charge on any atom is -0.393 e. The van der Waals surface area contributed by atoms with Gasteiger partial charge in [-0.2, -0.15) is 0 Å². The first-order chi connectivity index (χ1) is 7.97. The summed E-state index contributed by atoms with van der Waals surface area (Å²) < 4.78 is 23.1. The molecular formula is C13H24O3S. The standard InChI is InChI=1S/C13H24O3S/c1-17(15,16)12-4-2-3-10(9-12)5-8-13(14)11-6-7-11/h10-14H,2-9H2,1H3. The summed E-state index contributed by atoms with van der Waals surface area (Å²) in [6.07, 6.45) is 9.28. The van der Waals surface area contributed by atoms with Gasteiger partial charge in [0.15, 0.2) is 0 Å². The van der Waals surface area contributed by atoms with Crippen LogP contribution in [0.25, 0.3) is 0 Å². The zero-order chi connectivity index (χ0) is 12.5. The van der Waals surface area contributed by atoms with Gasteiger partial charge in [-0.25, -0.2) is 8.42 Å². The molecule has 0 spiro atoms. The first-order valence-corrected chi connectivity index (χ1v) is 8.79. The molecule has 17 heavy (non-hydrogen) atoms. The lowest BCUT2D eigenvalue weighted by molar-refractivity contribution is 0.128. The van der Waals surface area contributed by atoms with Crippen molar-refractivity contribution in [1.29, 1.82) is 0 Å². The molecule has 2 rings (SSSR count). The highest BCUT2D eigenvalue weighted by molar-refractivity contribution is 7.91. The van der Waals surface area contributed by atoms with Crippen LogP contribution in [0, 0.1) is 11.8 Å². The van der Waals surface area contributed by atoms with Crippen molar-refractivity contribution in [2.24, 2.45) is 11.8 Å². The number of sulfone groups is 1. The Bertz CT molecular complexity index is 346. The fourth-order valence-electron chi connectivity index (χ4n) is 3.02. The Balaban J connectivity index is 1.77. The third-order valence-electron chi connectivity index (χ3n) is 4.38. The van der Waals surface area contributed by atoms with Crippen molar-refractivity contribution in [3.63, 3.8) is 0 Å². The van der Waals surface area contributed by atoms with Gasteiger partial charge in [0, 0.05) is 6.26 Å². The molecule has 0 radical (unpaired) electrons. The van der Waals surface area contributed by atoms with E-state index in [-0.39, 0.29) is 11.4 Å². The Morgan fingerprint density at radius 2 is 1.94 bits per heavy atom. The highest BCUT2D eigenvalue weighted by Crippen LogP contribution is 2.37. The van der Waals surface area contributed by atoms with Crippen molar-refractivity contribution in [2.75, 3.05) is 6.26 Å². The van der Waals surface area contributed by atoms with Crippen LogP contribution < -0.4 is 0 Å². The summed E-state index contributed by atoms with van der Waals surface area (Å²) in [5.41, 5.74) is 0. The highest BCUT2D eigenvalue weighted by Gasteiger charge is 2.32. The molecule has 0 aliphatic heterocycles. The van der Waals surface area contributed by atoms with Gasteiger partial charge in [0.25, 0.3) is 0 Å². The molecule has 0 aromatic heterocycles. The third kappa shape index (κ3) is 3.95. The van der Waals surface area contributed by atoms with Crippen LogP contribution in [0.4, 0.5) is 0 Å². The van der Waals surface area contributed by atoms with Gasteiger partial charge in [-0.1, -0.05) is 12.8 Å². The van der Waals surface area contributed by atoms with Gasteiger partial charge in [0.2, 0.25) is 0 Å². The molecule has 0 bridgehead atoms. The maximum Gasteiger partial charge on any atom is 0.150 e. The minimum absolute atomic E-state index is 0.126. The van der Waals surface area contributed by atoms with Crippen LogP contribution in [-0.2, 0) is 9.84 Å². The summed E-state index contributed by atoms with van der Waals surface area (Å²) >= 11 is 0. The Kier molecular flexibility index (Phi) is 4.14. The van der Waals surface area contributed by atoms with Crippen molar-refractivity contribution >= 4 is 9.84 Å². The van der Waals surface area contributed by atoms with E-state index in [1.54, 1.807) is 0 Å². The molecule has 100 valence electrons. The maximum atomic E-state index is 11.5. The van der Waals surface area contributed by atoms with Gasteiger partial charge in [0.05, 0.1) is 11.4 Å². The number of hydrogen-bond donors (Lipinski definition) is 1. The van der Waals surface area contributed by atoms with Crippen molar-refractivity contribution in [2.45, 2.75) is 62.7 Å². The zero-order valence-electron chi connectivity index (χ0n) is 10.6. The number of hydrogen-bond acceptors (Lipinski definition) is 3. The summed E-state index contributed by atoms with van der Waals surface area (Å²) in [7, 11) is -2.86. The maximum absolute atomic E-state index is 11.5. The van der Waals surface area contributed by atoms with E-state index in [1.807, 2.05) is 0 Å². The average molecular weight is 260 g/mol. The molecule has 1 N–H and O–H groups in total. The second-order valence-corrected chi connectivity index (χ2v) is 8.29. The van der Waals surface area contributed by atoms with Crippen LogP contribution >= 0.6 is 0 Å². The normalized spacial score (nSPS) is 32.4. The molecule has 0 heterocycles. The van der Waals surface area contributed by atoms with Gasteiger partial charge in [-0.3, -0.25) is 0 Å². The zero-order valence-corrected chi connectivity index (χ0v) is 11.5. The summed E-state index contributed by atoms with van der Waals surface area (Å²) in [6, 6.07) is 0. The second-order valence-electron chi connectivity index (χ2n) is 5.97. The Hall–Kier alpha value is -0.0900. The van der Waals surface area contributed by atoms with E-state index in [0.717, 1.165) is 38.5 Å². The molecular weight excluding hydrogens is 236 g/mol. The van der Waals surface area contributed by atoms with E-state index in [4.69, 9.17) is 0 Å². The van der Waals surface area contributed by atoms with Crippen LogP contribution in [0.1, 0.15) is 51.4 Å². The number of rotatable bonds is 5. The van der Waals surface area contributed by atoms with E-state index in [9.17, 15) is 13.5 Å². The van der Waals surface area contributed by atoms with Gasteiger partial charge in [0.1, 0.15) is 9.84 Å². The Labute approximate surface area is 105 Å². The predicted octanol–water partition coefficient (Wildman–Crippen LogP) is 2.14. The first-order valence-electron chi connectivity index (χ1n) is 6.83. The van der Waals surface area contributed by atoms with Crippen LogP contribution in [0.5, 0.6) is 0 Å². The number of aliphatic hydroxyl groups excluding tert-OH is 1. The molecule has 0 amide bonds. The fraction of sp³-hybridized carbons (Fsp3) is 1.00. The molecule has 4 heteroatoms. The molecule has 3 unspecified atom stereocenters. The van der Waals surface area contributed by atoms with Gasteiger partial charge >= 0.3 is 0 Å². The molecule has 2 fully saturated rings. The minimum atomic E-state index is -2.86. The molecule has 0 aromatic rings. The van der Waals surface area contributed by atoms with E-state index in [1.165, 1.54) is 19.1 Å². The monoisotopic (exact) mass is 260 g/mol. The van der Waals surface area contributed by atoms with E-state index >= 15 is 0 Å². The molecule has 3 atom stereocenters. The lowest BCUT2D eigenvalue weighted by Crippen LogP contribution is -2.28. The van der Waals surface area contributed by atoms with Gasteiger partial charge < -0.3 is 5.11 Å².